The summed E-state index contributed by atoms with van der Waals surface area (Å²) in [6, 6.07) is 5.75. The van der Waals surface area contributed by atoms with E-state index in [9.17, 15) is 5.11 Å². The molecule has 2 N–H and O–H groups in total. The molecule has 0 aliphatic rings. The number of para-hydroxylation sites is 1. The smallest absolute Gasteiger partial charge is 0.132 e. The van der Waals surface area contributed by atoms with Gasteiger partial charge in [0.1, 0.15) is 5.75 Å². The second-order valence-electron chi connectivity index (χ2n) is 3.69. The van der Waals surface area contributed by atoms with Crippen molar-refractivity contribution in [1.29, 1.82) is 0 Å². The first-order valence-corrected chi connectivity index (χ1v) is 6.19. The fourth-order valence-electron chi connectivity index (χ4n) is 1.26. The van der Waals surface area contributed by atoms with E-state index in [1.807, 2.05) is 25.1 Å². The van der Waals surface area contributed by atoms with Crippen LogP contribution in [0.5, 0.6) is 5.75 Å². The Kier molecular flexibility index (Phi) is 4.99. The molecular weight excluding hydrogens is 208 g/mol. The molecule has 1 aromatic rings. The normalized spacial score (nSPS) is 12.7. The molecule has 0 aliphatic carbocycles. The van der Waals surface area contributed by atoms with Crippen molar-refractivity contribution in [2.75, 3.05) is 12.4 Å². The van der Waals surface area contributed by atoms with Crippen molar-refractivity contribution in [2.24, 2.45) is 5.92 Å². The summed E-state index contributed by atoms with van der Waals surface area (Å²) in [5, 5.41) is 18.8. The number of aryl methyl sites for hydroxylation is 1. The van der Waals surface area contributed by atoms with Crippen LogP contribution < -0.4 is 0 Å². The van der Waals surface area contributed by atoms with Crippen molar-refractivity contribution < 1.29 is 10.2 Å². The molecule has 0 aromatic heterocycles. The molecule has 0 unspecified atom stereocenters. The van der Waals surface area contributed by atoms with Crippen LogP contribution in [0.3, 0.4) is 0 Å². The molecule has 15 heavy (non-hydrogen) atoms. The van der Waals surface area contributed by atoms with Gasteiger partial charge in [-0.3, -0.25) is 0 Å². The number of phenolic OH excluding ortho intramolecular Hbond substituents is 1. The number of rotatable bonds is 5. The van der Waals surface area contributed by atoms with Crippen molar-refractivity contribution in [3.05, 3.63) is 23.8 Å². The van der Waals surface area contributed by atoms with E-state index in [0.717, 1.165) is 22.6 Å². The maximum atomic E-state index is 9.77. The number of benzene rings is 1. The van der Waals surface area contributed by atoms with E-state index in [-0.39, 0.29) is 6.61 Å². The molecule has 2 nitrogen and oxygen atoms in total. The van der Waals surface area contributed by atoms with Crippen LogP contribution in [0, 0.1) is 12.8 Å². The lowest BCUT2D eigenvalue weighted by molar-refractivity contribution is 0.237. The lowest BCUT2D eigenvalue weighted by Crippen LogP contribution is -2.07. The summed E-state index contributed by atoms with van der Waals surface area (Å²) in [4.78, 5) is 0.905. The lowest BCUT2D eigenvalue weighted by atomic mass is 10.1. The highest BCUT2D eigenvalue weighted by Gasteiger charge is 2.08. The Labute approximate surface area is 95.3 Å². The van der Waals surface area contributed by atoms with Gasteiger partial charge in [-0.25, -0.2) is 0 Å². The average molecular weight is 226 g/mol. The van der Waals surface area contributed by atoms with E-state index in [1.165, 1.54) is 0 Å². The minimum atomic E-state index is 0.218. The highest BCUT2D eigenvalue weighted by molar-refractivity contribution is 7.99. The minimum Gasteiger partial charge on any atom is -0.507 e. The molecule has 0 fully saturated rings. The second-order valence-corrected chi connectivity index (χ2v) is 4.75. The Morgan fingerprint density at radius 1 is 1.40 bits per heavy atom. The highest BCUT2D eigenvalue weighted by Crippen LogP contribution is 2.32. The first kappa shape index (κ1) is 12.4. The number of hydrogen-bond donors (Lipinski definition) is 2. The summed E-state index contributed by atoms with van der Waals surface area (Å²) in [6.45, 7) is 4.18. The SMILES string of the molecule is CC[C@@H](CO)CSc1cccc(C)c1O. The quantitative estimate of drug-likeness (QED) is 0.758. The number of aliphatic hydroxyl groups excluding tert-OH is 1. The Morgan fingerprint density at radius 2 is 2.13 bits per heavy atom. The van der Waals surface area contributed by atoms with Gasteiger partial charge in [0, 0.05) is 17.3 Å². The Hall–Kier alpha value is -0.670. The standard InChI is InChI=1S/C12H18O2S/c1-3-10(7-13)8-15-11-6-4-5-9(2)12(11)14/h4-6,10,13-14H,3,7-8H2,1-2H3/t10-/m0/s1. The van der Waals surface area contributed by atoms with Gasteiger partial charge in [-0.2, -0.15) is 0 Å². The third-order valence-electron chi connectivity index (χ3n) is 2.51. The predicted octanol–water partition coefficient (Wildman–Crippen LogP) is 2.81. The molecule has 0 saturated carbocycles. The van der Waals surface area contributed by atoms with E-state index < -0.39 is 0 Å². The molecule has 0 spiro atoms. The maximum Gasteiger partial charge on any atom is 0.132 e. The zero-order chi connectivity index (χ0) is 11.3. The van der Waals surface area contributed by atoms with E-state index in [2.05, 4.69) is 6.92 Å². The molecular formula is C12H18O2S. The van der Waals surface area contributed by atoms with Crippen LogP contribution in [-0.4, -0.2) is 22.6 Å². The molecule has 3 heteroatoms. The largest absolute Gasteiger partial charge is 0.507 e. The topological polar surface area (TPSA) is 40.5 Å². The van der Waals surface area contributed by atoms with Crippen molar-refractivity contribution in [3.63, 3.8) is 0 Å². The summed E-state index contributed by atoms with van der Waals surface area (Å²) in [5.74, 6) is 1.54. The van der Waals surface area contributed by atoms with Gasteiger partial charge < -0.3 is 10.2 Å². The van der Waals surface area contributed by atoms with Crippen LogP contribution in [0.1, 0.15) is 18.9 Å². The number of hydrogen-bond acceptors (Lipinski definition) is 3. The van der Waals surface area contributed by atoms with Crippen LogP contribution in [0.15, 0.2) is 23.1 Å². The average Bonchev–Trinajstić information content (AvgIpc) is 2.25. The lowest BCUT2D eigenvalue weighted by Gasteiger charge is -2.12. The van der Waals surface area contributed by atoms with Crippen LogP contribution in [-0.2, 0) is 0 Å². The van der Waals surface area contributed by atoms with Crippen LogP contribution in [0.25, 0.3) is 0 Å². The molecule has 0 heterocycles. The van der Waals surface area contributed by atoms with Gasteiger partial charge in [0.15, 0.2) is 0 Å². The maximum absolute atomic E-state index is 9.77. The molecule has 1 atom stereocenters. The molecule has 1 rings (SSSR count). The van der Waals surface area contributed by atoms with Gasteiger partial charge >= 0.3 is 0 Å². The van der Waals surface area contributed by atoms with Crippen LogP contribution in [0.4, 0.5) is 0 Å². The zero-order valence-corrected chi connectivity index (χ0v) is 10.0. The Balaban J connectivity index is 2.61. The summed E-state index contributed by atoms with van der Waals surface area (Å²) < 4.78 is 0. The van der Waals surface area contributed by atoms with Gasteiger partial charge in [0.05, 0.1) is 0 Å². The third kappa shape index (κ3) is 3.43. The minimum absolute atomic E-state index is 0.218. The van der Waals surface area contributed by atoms with E-state index in [0.29, 0.717) is 11.7 Å². The van der Waals surface area contributed by atoms with E-state index in [1.54, 1.807) is 11.8 Å². The van der Waals surface area contributed by atoms with Crippen molar-refractivity contribution in [3.8, 4) is 5.75 Å². The van der Waals surface area contributed by atoms with Gasteiger partial charge in [0.2, 0.25) is 0 Å². The number of aromatic hydroxyl groups is 1. The van der Waals surface area contributed by atoms with Gasteiger partial charge in [0.25, 0.3) is 0 Å². The summed E-state index contributed by atoms with van der Waals surface area (Å²) in [7, 11) is 0. The van der Waals surface area contributed by atoms with Crippen molar-refractivity contribution >= 4 is 11.8 Å². The molecule has 0 amide bonds. The summed E-state index contributed by atoms with van der Waals surface area (Å²) in [5.41, 5.74) is 0.900. The highest BCUT2D eigenvalue weighted by atomic mass is 32.2. The van der Waals surface area contributed by atoms with Crippen LogP contribution in [0.2, 0.25) is 0 Å². The molecule has 0 aliphatic heterocycles. The van der Waals surface area contributed by atoms with E-state index >= 15 is 0 Å². The first-order valence-electron chi connectivity index (χ1n) is 5.21. The number of phenols is 1. The van der Waals surface area contributed by atoms with Crippen LogP contribution >= 0.6 is 11.8 Å². The fourth-order valence-corrected chi connectivity index (χ4v) is 2.48. The summed E-state index contributed by atoms with van der Waals surface area (Å²) >= 11 is 1.61. The van der Waals surface area contributed by atoms with Gasteiger partial charge in [-0.05, 0) is 24.5 Å². The fraction of sp³-hybridized carbons (Fsp3) is 0.500. The molecule has 84 valence electrons. The third-order valence-corrected chi connectivity index (χ3v) is 3.79. The number of aliphatic hydroxyl groups is 1. The Morgan fingerprint density at radius 3 is 2.73 bits per heavy atom. The molecule has 1 aromatic carbocycles. The van der Waals surface area contributed by atoms with Gasteiger partial charge in [-0.1, -0.05) is 25.5 Å². The van der Waals surface area contributed by atoms with E-state index in [4.69, 9.17) is 5.11 Å². The van der Waals surface area contributed by atoms with Gasteiger partial charge in [-0.15, -0.1) is 11.8 Å². The molecule has 0 bridgehead atoms. The van der Waals surface area contributed by atoms with Crippen molar-refractivity contribution in [1.82, 2.24) is 0 Å². The Bertz CT molecular complexity index is 308. The summed E-state index contributed by atoms with van der Waals surface area (Å²) in [6.07, 6.45) is 0.968. The number of thioether (sulfide) groups is 1. The first-order chi connectivity index (χ1) is 7.19. The molecule has 0 saturated heterocycles. The molecule has 0 radical (unpaired) electrons. The predicted molar refractivity (Wildman–Crippen MR) is 64.4 cm³/mol. The zero-order valence-electron chi connectivity index (χ0n) is 9.23. The van der Waals surface area contributed by atoms with Crippen molar-refractivity contribution in [2.45, 2.75) is 25.2 Å². The monoisotopic (exact) mass is 226 g/mol. The second kappa shape index (κ2) is 6.03.